The highest BCUT2D eigenvalue weighted by Gasteiger charge is 2.12. The average molecular weight is 193 g/mol. The zero-order chi connectivity index (χ0) is 9.64. The topological polar surface area (TPSA) is 47.0 Å². The summed E-state index contributed by atoms with van der Waals surface area (Å²) in [4.78, 5) is 7.78. The molecule has 2 heterocycles. The van der Waals surface area contributed by atoms with Gasteiger partial charge in [-0.15, -0.1) is 0 Å². The van der Waals surface area contributed by atoms with Crippen molar-refractivity contribution in [1.82, 2.24) is 15.3 Å². The third kappa shape index (κ3) is 2.67. The molecule has 0 amide bonds. The number of hydrogen-bond donors (Lipinski definition) is 1. The maximum Gasteiger partial charge on any atom is 0.155 e. The smallest absolute Gasteiger partial charge is 0.155 e. The van der Waals surface area contributed by atoms with Gasteiger partial charge >= 0.3 is 0 Å². The summed E-state index contributed by atoms with van der Waals surface area (Å²) < 4.78 is 5.56. The number of nitrogens with one attached hydrogen (secondary N) is 1. The summed E-state index contributed by atoms with van der Waals surface area (Å²) >= 11 is 0. The van der Waals surface area contributed by atoms with Crippen molar-refractivity contribution in [1.29, 1.82) is 0 Å². The van der Waals surface area contributed by atoms with Crippen LogP contribution in [-0.2, 0) is 0 Å². The number of aromatic nitrogens is 2. The molecule has 4 heteroatoms. The molecule has 76 valence electrons. The molecule has 4 nitrogen and oxygen atoms in total. The van der Waals surface area contributed by atoms with E-state index in [0.717, 1.165) is 12.3 Å². The van der Waals surface area contributed by atoms with Crippen LogP contribution >= 0.6 is 0 Å². The Morgan fingerprint density at radius 3 is 2.93 bits per heavy atom. The van der Waals surface area contributed by atoms with E-state index in [1.165, 1.54) is 25.6 Å². The van der Waals surface area contributed by atoms with E-state index in [2.05, 4.69) is 15.3 Å². The number of rotatable bonds is 3. The van der Waals surface area contributed by atoms with Gasteiger partial charge in [-0.25, -0.2) is 9.97 Å². The van der Waals surface area contributed by atoms with Crippen LogP contribution in [0.3, 0.4) is 0 Å². The van der Waals surface area contributed by atoms with Crippen LogP contribution in [0, 0.1) is 0 Å². The van der Waals surface area contributed by atoms with Crippen LogP contribution in [-0.4, -0.2) is 29.2 Å². The summed E-state index contributed by atoms with van der Waals surface area (Å²) in [6.07, 6.45) is 8.67. The molecular weight excluding hydrogens is 178 g/mol. The first kappa shape index (κ1) is 9.40. The Morgan fingerprint density at radius 2 is 2.21 bits per heavy atom. The van der Waals surface area contributed by atoms with Gasteiger partial charge in [-0.3, -0.25) is 0 Å². The van der Waals surface area contributed by atoms with Crippen LogP contribution in [0.15, 0.2) is 18.7 Å². The molecule has 0 bridgehead atoms. The largest absolute Gasteiger partial charge is 0.489 e. The van der Waals surface area contributed by atoms with Crippen LogP contribution in [0.1, 0.15) is 19.3 Å². The van der Waals surface area contributed by atoms with E-state index in [0.29, 0.717) is 12.6 Å². The predicted octanol–water partition coefficient (Wildman–Crippen LogP) is 0.997. The lowest BCUT2D eigenvalue weighted by atomic mass is 10.1. The van der Waals surface area contributed by atoms with Gasteiger partial charge in [-0.05, 0) is 19.4 Å². The van der Waals surface area contributed by atoms with Gasteiger partial charge in [0.1, 0.15) is 12.9 Å². The monoisotopic (exact) mass is 193 g/mol. The lowest BCUT2D eigenvalue weighted by Crippen LogP contribution is -2.38. The van der Waals surface area contributed by atoms with Gasteiger partial charge in [-0.2, -0.15) is 0 Å². The van der Waals surface area contributed by atoms with Gasteiger partial charge in [0.05, 0.1) is 12.4 Å². The first-order valence-corrected chi connectivity index (χ1v) is 5.06. The first-order valence-electron chi connectivity index (χ1n) is 5.06. The second-order valence-electron chi connectivity index (χ2n) is 3.53. The highest BCUT2D eigenvalue weighted by atomic mass is 16.5. The Labute approximate surface area is 83.7 Å². The number of nitrogens with zero attached hydrogens (tertiary/aromatic N) is 2. The molecule has 0 aliphatic carbocycles. The number of piperidine rings is 1. The summed E-state index contributed by atoms with van der Waals surface area (Å²) in [7, 11) is 0. The summed E-state index contributed by atoms with van der Waals surface area (Å²) in [5, 5.41) is 3.42. The molecule has 14 heavy (non-hydrogen) atoms. The summed E-state index contributed by atoms with van der Waals surface area (Å²) in [5.74, 6) is 0.750. The Balaban J connectivity index is 1.76. The van der Waals surface area contributed by atoms with Crippen LogP contribution in [0.2, 0.25) is 0 Å². The molecule has 1 aliphatic heterocycles. The zero-order valence-electron chi connectivity index (χ0n) is 8.15. The molecule has 1 aromatic heterocycles. The zero-order valence-corrected chi connectivity index (χ0v) is 8.15. The summed E-state index contributed by atoms with van der Waals surface area (Å²) in [6.45, 7) is 1.83. The molecule has 1 aromatic rings. The van der Waals surface area contributed by atoms with E-state index in [1.807, 2.05) is 0 Å². The molecule has 2 rings (SSSR count). The second kappa shape index (κ2) is 4.91. The van der Waals surface area contributed by atoms with Gasteiger partial charge < -0.3 is 10.1 Å². The fourth-order valence-electron chi connectivity index (χ4n) is 1.62. The Bertz CT molecular complexity index is 259. The minimum atomic E-state index is 0.490. The van der Waals surface area contributed by atoms with Crippen LogP contribution in [0.25, 0.3) is 0 Å². The van der Waals surface area contributed by atoms with Crippen molar-refractivity contribution in [3.05, 3.63) is 18.7 Å². The predicted molar refractivity (Wildman–Crippen MR) is 53.2 cm³/mol. The lowest BCUT2D eigenvalue weighted by molar-refractivity contribution is 0.237. The van der Waals surface area contributed by atoms with Crippen molar-refractivity contribution in [2.45, 2.75) is 25.3 Å². The molecule has 1 aliphatic rings. The standard InChI is InChI=1S/C10H15N3O/c1-2-4-13-9(3-1)7-14-10-5-11-8-12-6-10/h5-6,8-9,13H,1-4,7H2. The minimum absolute atomic E-state index is 0.490. The third-order valence-electron chi connectivity index (χ3n) is 2.40. The van der Waals surface area contributed by atoms with Gasteiger partial charge in [0, 0.05) is 6.04 Å². The maximum atomic E-state index is 5.56. The van der Waals surface area contributed by atoms with Crippen molar-refractivity contribution in [3.63, 3.8) is 0 Å². The molecule has 0 spiro atoms. The molecule has 1 atom stereocenters. The Morgan fingerprint density at radius 1 is 1.36 bits per heavy atom. The molecule has 0 saturated carbocycles. The van der Waals surface area contributed by atoms with E-state index >= 15 is 0 Å². The first-order chi connectivity index (χ1) is 6.95. The number of ether oxygens (including phenoxy) is 1. The summed E-state index contributed by atoms with van der Waals surface area (Å²) in [5.41, 5.74) is 0. The van der Waals surface area contributed by atoms with Crippen molar-refractivity contribution >= 4 is 0 Å². The minimum Gasteiger partial charge on any atom is -0.489 e. The molecule has 1 saturated heterocycles. The maximum absolute atomic E-state index is 5.56. The van der Waals surface area contributed by atoms with Crippen molar-refractivity contribution in [2.75, 3.05) is 13.2 Å². The van der Waals surface area contributed by atoms with Gasteiger partial charge in [0.15, 0.2) is 5.75 Å². The van der Waals surface area contributed by atoms with Gasteiger partial charge in [0.2, 0.25) is 0 Å². The third-order valence-corrected chi connectivity index (χ3v) is 2.40. The normalized spacial score (nSPS) is 21.9. The molecule has 1 N–H and O–H groups in total. The van der Waals surface area contributed by atoms with E-state index in [4.69, 9.17) is 4.74 Å². The SMILES string of the molecule is c1ncc(OCC2CCCCN2)cn1. The van der Waals surface area contributed by atoms with Crippen LogP contribution < -0.4 is 10.1 Å². The Hall–Kier alpha value is -1.16. The molecule has 1 unspecified atom stereocenters. The fourth-order valence-corrected chi connectivity index (χ4v) is 1.62. The highest BCUT2D eigenvalue weighted by molar-refractivity contribution is 5.09. The van der Waals surface area contributed by atoms with E-state index in [9.17, 15) is 0 Å². The molecule has 1 fully saturated rings. The van der Waals surface area contributed by atoms with Crippen molar-refractivity contribution < 1.29 is 4.74 Å². The average Bonchev–Trinajstić information content (AvgIpc) is 2.29. The van der Waals surface area contributed by atoms with Gasteiger partial charge in [-0.1, -0.05) is 6.42 Å². The van der Waals surface area contributed by atoms with E-state index in [1.54, 1.807) is 12.4 Å². The quantitative estimate of drug-likeness (QED) is 0.778. The van der Waals surface area contributed by atoms with E-state index < -0.39 is 0 Å². The van der Waals surface area contributed by atoms with Crippen LogP contribution in [0.5, 0.6) is 5.75 Å². The van der Waals surface area contributed by atoms with E-state index in [-0.39, 0.29) is 0 Å². The number of hydrogen-bond acceptors (Lipinski definition) is 4. The summed E-state index contributed by atoms with van der Waals surface area (Å²) in [6, 6.07) is 0.490. The fraction of sp³-hybridized carbons (Fsp3) is 0.600. The molecule has 0 aromatic carbocycles. The lowest BCUT2D eigenvalue weighted by Gasteiger charge is -2.23. The van der Waals surface area contributed by atoms with Crippen molar-refractivity contribution in [2.24, 2.45) is 0 Å². The van der Waals surface area contributed by atoms with Crippen LogP contribution in [0.4, 0.5) is 0 Å². The second-order valence-corrected chi connectivity index (χ2v) is 3.53. The van der Waals surface area contributed by atoms with Crippen molar-refractivity contribution in [3.8, 4) is 5.75 Å². The molecule has 0 radical (unpaired) electrons. The highest BCUT2D eigenvalue weighted by Crippen LogP contribution is 2.10. The molecular formula is C10H15N3O. The Kier molecular flexibility index (Phi) is 3.29. The van der Waals surface area contributed by atoms with Gasteiger partial charge in [0.25, 0.3) is 0 Å².